The smallest absolute Gasteiger partial charge is 0.188 e. The molecule has 0 saturated carbocycles. The van der Waals surface area contributed by atoms with E-state index in [9.17, 15) is 8.42 Å². The van der Waals surface area contributed by atoms with Gasteiger partial charge in [-0.1, -0.05) is 6.08 Å². The van der Waals surface area contributed by atoms with E-state index in [4.69, 9.17) is 5.73 Å². The predicted molar refractivity (Wildman–Crippen MR) is 76.9 cm³/mol. The van der Waals surface area contributed by atoms with Crippen LogP contribution < -0.4 is 11.1 Å². The first kappa shape index (κ1) is 15.7. The largest absolute Gasteiger partial charge is 0.370 e. The minimum atomic E-state index is -2.91. The molecule has 1 rings (SSSR count). The second-order valence-electron chi connectivity index (χ2n) is 3.53. The SMILES string of the molecule is C=CCNC(N)=NCC1CCCS1(=O)=O.I. The third-order valence-electron chi connectivity index (χ3n) is 2.36. The zero-order valence-electron chi connectivity index (χ0n) is 9.05. The summed E-state index contributed by atoms with van der Waals surface area (Å²) in [6.07, 6.45) is 3.10. The number of halogens is 1. The second-order valence-corrected chi connectivity index (χ2v) is 5.93. The van der Waals surface area contributed by atoms with Gasteiger partial charge in [0.15, 0.2) is 15.8 Å². The topological polar surface area (TPSA) is 84.5 Å². The summed E-state index contributed by atoms with van der Waals surface area (Å²) in [6.45, 7) is 4.32. The molecule has 1 fully saturated rings. The zero-order valence-corrected chi connectivity index (χ0v) is 12.2. The first-order valence-electron chi connectivity index (χ1n) is 4.92. The minimum Gasteiger partial charge on any atom is -0.370 e. The molecule has 1 atom stereocenters. The number of nitrogens with one attached hydrogen (secondary N) is 1. The molecule has 0 aromatic heterocycles. The molecule has 0 spiro atoms. The summed E-state index contributed by atoms with van der Waals surface area (Å²) in [5.74, 6) is 0.560. The molecule has 0 aromatic carbocycles. The van der Waals surface area contributed by atoms with Gasteiger partial charge in [0.05, 0.1) is 17.5 Å². The molecule has 0 radical (unpaired) electrons. The number of nitrogens with zero attached hydrogens (tertiary/aromatic N) is 1. The second kappa shape index (κ2) is 7.10. The number of sulfone groups is 1. The standard InChI is InChI=1S/C9H17N3O2S.HI/c1-2-5-11-9(10)12-7-8-4-3-6-15(8,13)14;/h2,8H,1,3-7H2,(H3,10,11,12);1H. The summed E-state index contributed by atoms with van der Waals surface area (Å²) >= 11 is 0. The Hall–Kier alpha value is -0.310. The lowest BCUT2D eigenvalue weighted by molar-refractivity contribution is 0.590. The molecule has 1 unspecified atom stereocenters. The van der Waals surface area contributed by atoms with Gasteiger partial charge in [-0.2, -0.15) is 0 Å². The van der Waals surface area contributed by atoms with Crippen molar-refractivity contribution in [2.75, 3.05) is 18.8 Å². The maximum atomic E-state index is 11.4. The Morgan fingerprint density at radius 3 is 2.81 bits per heavy atom. The average Bonchev–Trinajstić information content (AvgIpc) is 2.51. The number of hydrogen-bond donors (Lipinski definition) is 2. The summed E-state index contributed by atoms with van der Waals surface area (Å²) in [5, 5.41) is 2.45. The Labute approximate surface area is 114 Å². The Balaban J connectivity index is 0.00000225. The first-order valence-corrected chi connectivity index (χ1v) is 6.64. The molecule has 0 aromatic rings. The van der Waals surface area contributed by atoms with Crippen LogP contribution in [0.5, 0.6) is 0 Å². The Morgan fingerprint density at radius 2 is 2.31 bits per heavy atom. The summed E-state index contributed by atoms with van der Waals surface area (Å²) in [5.41, 5.74) is 5.52. The van der Waals surface area contributed by atoms with Gasteiger partial charge in [-0.15, -0.1) is 30.6 Å². The van der Waals surface area contributed by atoms with Gasteiger partial charge in [0.1, 0.15) is 0 Å². The van der Waals surface area contributed by atoms with Crippen molar-refractivity contribution in [3.05, 3.63) is 12.7 Å². The summed E-state index contributed by atoms with van der Waals surface area (Å²) < 4.78 is 22.9. The van der Waals surface area contributed by atoms with Crippen molar-refractivity contribution in [3.63, 3.8) is 0 Å². The van der Waals surface area contributed by atoms with E-state index < -0.39 is 9.84 Å². The van der Waals surface area contributed by atoms with Gasteiger partial charge in [-0.25, -0.2) is 8.42 Å². The minimum absolute atomic E-state index is 0. The van der Waals surface area contributed by atoms with Gasteiger partial charge in [0.2, 0.25) is 0 Å². The number of rotatable bonds is 4. The first-order chi connectivity index (χ1) is 7.06. The van der Waals surface area contributed by atoms with E-state index >= 15 is 0 Å². The maximum Gasteiger partial charge on any atom is 0.188 e. The van der Waals surface area contributed by atoms with Gasteiger partial charge in [0.25, 0.3) is 0 Å². The number of hydrogen-bond acceptors (Lipinski definition) is 3. The van der Waals surface area contributed by atoms with Crippen LogP contribution in [0, 0.1) is 0 Å². The zero-order chi connectivity index (χ0) is 11.3. The molecule has 1 aliphatic heterocycles. The molecule has 94 valence electrons. The van der Waals surface area contributed by atoms with E-state index in [1.165, 1.54) is 0 Å². The van der Waals surface area contributed by atoms with E-state index in [-0.39, 0.29) is 47.5 Å². The van der Waals surface area contributed by atoms with Crippen LogP contribution in [0.4, 0.5) is 0 Å². The van der Waals surface area contributed by atoms with Crippen LogP contribution in [0.3, 0.4) is 0 Å². The fourth-order valence-corrected chi connectivity index (χ4v) is 3.23. The summed E-state index contributed by atoms with van der Waals surface area (Å²) in [6, 6.07) is 0. The highest BCUT2D eigenvalue weighted by atomic mass is 127. The molecule has 7 heteroatoms. The van der Waals surface area contributed by atoms with Gasteiger partial charge >= 0.3 is 0 Å². The third kappa shape index (κ3) is 4.69. The van der Waals surface area contributed by atoms with Crippen molar-refractivity contribution in [1.82, 2.24) is 5.32 Å². The third-order valence-corrected chi connectivity index (χ3v) is 4.61. The highest BCUT2D eigenvalue weighted by Gasteiger charge is 2.30. The quantitative estimate of drug-likeness (QED) is 0.327. The Bertz CT molecular complexity index is 354. The highest BCUT2D eigenvalue weighted by Crippen LogP contribution is 2.19. The highest BCUT2D eigenvalue weighted by molar-refractivity contribution is 14.0. The van der Waals surface area contributed by atoms with Crippen molar-refractivity contribution in [3.8, 4) is 0 Å². The normalized spacial score (nSPS) is 23.5. The van der Waals surface area contributed by atoms with E-state index in [0.29, 0.717) is 13.0 Å². The fourth-order valence-electron chi connectivity index (χ4n) is 1.50. The summed E-state index contributed by atoms with van der Waals surface area (Å²) in [4.78, 5) is 4.00. The van der Waals surface area contributed by atoms with Crippen molar-refractivity contribution in [2.24, 2.45) is 10.7 Å². The van der Waals surface area contributed by atoms with Crippen molar-refractivity contribution >= 4 is 39.8 Å². The maximum absolute atomic E-state index is 11.4. The molecule has 1 saturated heterocycles. The van der Waals surface area contributed by atoms with Crippen LogP contribution in [0.1, 0.15) is 12.8 Å². The van der Waals surface area contributed by atoms with Gasteiger partial charge < -0.3 is 11.1 Å². The molecule has 0 aliphatic carbocycles. The lowest BCUT2D eigenvalue weighted by Gasteiger charge is -2.06. The molecule has 1 heterocycles. The average molecular weight is 359 g/mol. The lowest BCUT2D eigenvalue weighted by atomic mass is 10.2. The Morgan fingerprint density at radius 1 is 1.62 bits per heavy atom. The molecule has 16 heavy (non-hydrogen) atoms. The van der Waals surface area contributed by atoms with Crippen LogP contribution >= 0.6 is 24.0 Å². The molecule has 5 nitrogen and oxygen atoms in total. The Kier molecular flexibility index (Phi) is 6.96. The molecule has 0 bridgehead atoms. The van der Waals surface area contributed by atoms with Crippen LogP contribution in [-0.4, -0.2) is 38.5 Å². The van der Waals surface area contributed by atoms with Crippen LogP contribution in [0.2, 0.25) is 0 Å². The molecule has 0 amide bonds. The van der Waals surface area contributed by atoms with Crippen molar-refractivity contribution in [2.45, 2.75) is 18.1 Å². The number of aliphatic imine (C=N–C) groups is 1. The van der Waals surface area contributed by atoms with Crippen LogP contribution in [0.15, 0.2) is 17.6 Å². The predicted octanol–water partition coefficient (Wildman–Crippen LogP) is 0.272. The van der Waals surface area contributed by atoms with E-state index in [1.54, 1.807) is 6.08 Å². The van der Waals surface area contributed by atoms with Crippen LogP contribution in [-0.2, 0) is 9.84 Å². The van der Waals surface area contributed by atoms with Gasteiger partial charge in [0, 0.05) is 6.54 Å². The van der Waals surface area contributed by atoms with E-state index in [1.807, 2.05) is 0 Å². The summed E-state index contributed by atoms with van der Waals surface area (Å²) in [7, 11) is -2.91. The van der Waals surface area contributed by atoms with Crippen LogP contribution in [0.25, 0.3) is 0 Å². The van der Waals surface area contributed by atoms with Crippen molar-refractivity contribution in [1.29, 1.82) is 0 Å². The van der Waals surface area contributed by atoms with Crippen molar-refractivity contribution < 1.29 is 8.42 Å². The number of guanidine groups is 1. The lowest BCUT2D eigenvalue weighted by Crippen LogP contribution is -2.33. The van der Waals surface area contributed by atoms with Gasteiger partial charge in [-0.05, 0) is 12.8 Å². The monoisotopic (exact) mass is 359 g/mol. The molecular weight excluding hydrogens is 341 g/mol. The number of nitrogens with two attached hydrogens (primary N) is 1. The fraction of sp³-hybridized carbons (Fsp3) is 0.667. The molecular formula is C9H18IN3O2S. The van der Waals surface area contributed by atoms with E-state index in [0.717, 1.165) is 6.42 Å². The van der Waals surface area contributed by atoms with Gasteiger partial charge in [-0.3, -0.25) is 4.99 Å². The molecule has 1 aliphatic rings. The molecule has 3 N–H and O–H groups in total. The van der Waals surface area contributed by atoms with E-state index in [2.05, 4.69) is 16.9 Å².